The van der Waals surface area contributed by atoms with Crippen LogP contribution in [0.25, 0.3) is 22.0 Å². The van der Waals surface area contributed by atoms with Gasteiger partial charge in [0.2, 0.25) is 0 Å². The topological polar surface area (TPSA) is 47.0 Å². The minimum Gasteiger partial charge on any atom is -0.497 e. The lowest BCUT2D eigenvalue weighted by atomic mass is 10.1. The van der Waals surface area contributed by atoms with E-state index in [0.29, 0.717) is 23.1 Å². The summed E-state index contributed by atoms with van der Waals surface area (Å²) in [5.74, 6) is -0.0520. The van der Waals surface area contributed by atoms with Gasteiger partial charge in [0.1, 0.15) is 28.2 Å². The van der Waals surface area contributed by atoms with Crippen molar-refractivity contribution in [2.75, 3.05) is 12.4 Å². The highest BCUT2D eigenvalue weighted by molar-refractivity contribution is 7.10. The molecule has 0 aliphatic rings. The van der Waals surface area contributed by atoms with E-state index in [0.717, 1.165) is 28.1 Å². The van der Waals surface area contributed by atoms with Crippen LogP contribution in [0.4, 0.5) is 14.6 Å². The quantitative estimate of drug-likeness (QED) is 0.511. The zero-order valence-corrected chi connectivity index (χ0v) is 15.2. The Labute approximate surface area is 158 Å². The van der Waals surface area contributed by atoms with E-state index in [4.69, 9.17) is 4.74 Å². The number of fused-ring (bicyclic) bond motifs is 1. The molecule has 4 aromatic rings. The van der Waals surface area contributed by atoms with Gasteiger partial charge < -0.3 is 10.1 Å². The van der Waals surface area contributed by atoms with Crippen LogP contribution in [0.3, 0.4) is 0 Å². The average Bonchev–Trinajstić information content (AvgIpc) is 3.15. The number of nitrogens with one attached hydrogen (secondary N) is 1. The van der Waals surface area contributed by atoms with Gasteiger partial charge in [0.05, 0.1) is 19.3 Å². The Hall–Kier alpha value is -3.06. The lowest BCUT2D eigenvalue weighted by molar-refractivity contribution is 0.415. The van der Waals surface area contributed by atoms with Crippen LogP contribution in [0.15, 0.2) is 54.0 Å². The molecule has 4 nitrogen and oxygen atoms in total. The van der Waals surface area contributed by atoms with Crippen molar-refractivity contribution in [3.63, 3.8) is 0 Å². The second-order valence-corrected chi connectivity index (χ2v) is 6.80. The summed E-state index contributed by atoms with van der Waals surface area (Å²) in [6.07, 6.45) is 1.50. The van der Waals surface area contributed by atoms with Crippen LogP contribution in [0.1, 0.15) is 5.01 Å². The summed E-state index contributed by atoms with van der Waals surface area (Å²) in [4.78, 5) is 8.82. The second kappa shape index (κ2) is 7.28. The lowest BCUT2D eigenvalue weighted by Crippen LogP contribution is -2.02. The van der Waals surface area contributed by atoms with Crippen molar-refractivity contribution >= 4 is 27.9 Å². The summed E-state index contributed by atoms with van der Waals surface area (Å²) < 4.78 is 32.7. The van der Waals surface area contributed by atoms with Crippen molar-refractivity contribution in [2.24, 2.45) is 0 Å². The first-order valence-electron chi connectivity index (χ1n) is 8.20. The van der Waals surface area contributed by atoms with Gasteiger partial charge in [0, 0.05) is 34.0 Å². The molecule has 0 spiro atoms. The number of halogens is 2. The summed E-state index contributed by atoms with van der Waals surface area (Å²) in [7, 11) is 1.62. The van der Waals surface area contributed by atoms with Gasteiger partial charge in [-0.2, -0.15) is 0 Å². The van der Waals surface area contributed by atoms with Crippen molar-refractivity contribution < 1.29 is 13.5 Å². The van der Waals surface area contributed by atoms with Crippen LogP contribution in [0.2, 0.25) is 0 Å². The van der Waals surface area contributed by atoms with Crippen molar-refractivity contribution in [1.29, 1.82) is 0 Å². The minimum atomic E-state index is -0.634. The molecule has 2 heterocycles. The van der Waals surface area contributed by atoms with E-state index >= 15 is 0 Å². The predicted octanol–water partition coefficient (Wildman–Crippen LogP) is 5.26. The molecule has 7 heteroatoms. The molecular formula is C20H15F2N3OS. The molecule has 2 aromatic carbocycles. The molecule has 0 aliphatic carbocycles. The Kier molecular flexibility index (Phi) is 4.68. The summed E-state index contributed by atoms with van der Waals surface area (Å²) in [5, 5.41) is 6.65. The van der Waals surface area contributed by atoms with E-state index in [1.807, 2.05) is 29.6 Å². The zero-order chi connectivity index (χ0) is 18.8. The van der Waals surface area contributed by atoms with Crippen molar-refractivity contribution in [2.45, 2.75) is 6.54 Å². The highest BCUT2D eigenvalue weighted by Crippen LogP contribution is 2.27. The molecule has 0 atom stereocenters. The molecule has 1 N–H and O–H groups in total. The highest BCUT2D eigenvalue weighted by atomic mass is 32.1. The number of benzene rings is 2. The monoisotopic (exact) mass is 383 g/mol. The van der Waals surface area contributed by atoms with Gasteiger partial charge >= 0.3 is 0 Å². The smallest absolute Gasteiger partial charge is 0.134 e. The lowest BCUT2D eigenvalue weighted by Gasteiger charge is -2.08. The molecule has 0 saturated heterocycles. The largest absolute Gasteiger partial charge is 0.497 e. The third-order valence-corrected chi connectivity index (χ3v) is 4.97. The van der Waals surface area contributed by atoms with Crippen LogP contribution in [0, 0.1) is 11.6 Å². The van der Waals surface area contributed by atoms with E-state index in [2.05, 4.69) is 15.3 Å². The van der Waals surface area contributed by atoms with Gasteiger partial charge in [0.25, 0.3) is 0 Å². The van der Waals surface area contributed by atoms with E-state index < -0.39 is 11.6 Å². The number of pyridine rings is 1. The molecule has 4 rings (SSSR count). The molecule has 0 unspecified atom stereocenters. The van der Waals surface area contributed by atoms with Gasteiger partial charge in [-0.05, 0) is 24.3 Å². The maximum absolute atomic E-state index is 13.9. The first-order chi connectivity index (χ1) is 13.1. The number of ether oxygens (including phenoxy) is 1. The summed E-state index contributed by atoms with van der Waals surface area (Å²) in [5.41, 5.74) is 1.81. The van der Waals surface area contributed by atoms with Crippen LogP contribution in [-0.2, 0) is 6.54 Å². The number of thiazole rings is 1. The number of methoxy groups -OCH3 is 1. The van der Waals surface area contributed by atoms with Crippen LogP contribution in [0.5, 0.6) is 5.75 Å². The third-order valence-electron chi connectivity index (χ3n) is 4.12. The first kappa shape index (κ1) is 17.4. The third kappa shape index (κ3) is 3.59. The number of aromatic nitrogens is 2. The summed E-state index contributed by atoms with van der Waals surface area (Å²) >= 11 is 1.50. The Morgan fingerprint density at radius 1 is 1.11 bits per heavy atom. The number of hydrogen-bond donors (Lipinski definition) is 1. The Morgan fingerprint density at radius 3 is 2.85 bits per heavy atom. The minimum absolute atomic E-state index is 0.324. The fraction of sp³-hybridized carbons (Fsp3) is 0.100. The highest BCUT2D eigenvalue weighted by Gasteiger charge is 2.10. The van der Waals surface area contributed by atoms with E-state index in [-0.39, 0.29) is 0 Å². The Morgan fingerprint density at radius 2 is 2.00 bits per heavy atom. The van der Waals surface area contributed by atoms with Crippen LogP contribution >= 0.6 is 11.3 Å². The molecule has 0 aliphatic heterocycles. The number of hydrogen-bond acceptors (Lipinski definition) is 5. The molecule has 136 valence electrons. The molecule has 0 radical (unpaired) electrons. The molecule has 27 heavy (non-hydrogen) atoms. The molecule has 0 bridgehead atoms. The van der Waals surface area contributed by atoms with Crippen molar-refractivity contribution in [3.8, 4) is 17.0 Å². The van der Waals surface area contributed by atoms with E-state index in [1.165, 1.54) is 29.7 Å². The predicted molar refractivity (Wildman–Crippen MR) is 103 cm³/mol. The van der Waals surface area contributed by atoms with Gasteiger partial charge in [0.15, 0.2) is 0 Å². The number of nitrogens with zero attached hydrogens (tertiary/aromatic N) is 2. The first-order valence-corrected chi connectivity index (χ1v) is 9.08. The van der Waals surface area contributed by atoms with Gasteiger partial charge in [-0.15, -0.1) is 11.3 Å². The molecule has 0 fully saturated rings. The van der Waals surface area contributed by atoms with Crippen molar-refractivity contribution in [1.82, 2.24) is 9.97 Å². The molecule has 2 aromatic heterocycles. The summed E-state index contributed by atoms with van der Waals surface area (Å²) in [6.45, 7) is 0.402. The van der Waals surface area contributed by atoms with Crippen LogP contribution < -0.4 is 10.1 Å². The summed E-state index contributed by atoms with van der Waals surface area (Å²) in [6, 6.07) is 11.3. The number of anilines is 1. The standard InChI is InChI=1S/C20H15F2N3OS/c1-26-14-4-2-3-12(7-14)18-11-27-19(25-18)10-24-20-16-8-13(21)9-17(22)15(16)5-6-23-20/h2-9,11H,10H2,1H3,(H,23,24). The molecule has 0 amide bonds. The maximum Gasteiger partial charge on any atom is 0.134 e. The fourth-order valence-electron chi connectivity index (χ4n) is 2.81. The fourth-order valence-corrected chi connectivity index (χ4v) is 3.56. The van der Waals surface area contributed by atoms with Crippen molar-refractivity contribution in [3.05, 3.63) is 70.7 Å². The number of rotatable bonds is 5. The normalized spacial score (nSPS) is 10.9. The van der Waals surface area contributed by atoms with Gasteiger partial charge in [-0.3, -0.25) is 0 Å². The Bertz CT molecular complexity index is 1110. The van der Waals surface area contributed by atoms with Gasteiger partial charge in [-0.1, -0.05) is 12.1 Å². The second-order valence-electron chi connectivity index (χ2n) is 5.85. The SMILES string of the molecule is COc1cccc(-c2csc(CNc3nccc4c(F)cc(F)cc34)n2)c1. The zero-order valence-electron chi connectivity index (χ0n) is 14.4. The maximum atomic E-state index is 13.9. The Balaban J connectivity index is 1.56. The van der Waals surface area contributed by atoms with Gasteiger partial charge in [-0.25, -0.2) is 18.7 Å². The van der Waals surface area contributed by atoms with Crippen LogP contribution in [-0.4, -0.2) is 17.1 Å². The van der Waals surface area contributed by atoms with E-state index in [9.17, 15) is 8.78 Å². The van der Waals surface area contributed by atoms with E-state index in [1.54, 1.807) is 7.11 Å². The molecular weight excluding hydrogens is 368 g/mol. The molecule has 0 saturated carbocycles. The average molecular weight is 383 g/mol.